The van der Waals surface area contributed by atoms with E-state index in [4.69, 9.17) is 14.9 Å². The Labute approximate surface area is 81.9 Å². The number of carboxylic acids is 1. The molecule has 6 heteroatoms. The first-order valence-electron chi connectivity index (χ1n) is 4.22. The highest BCUT2D eigenvalue weighted by Gasteiger charge is 2.13. The standard InChI is InChI=1S/C8H15NO5/c1-5(2)14-4-7(11)9-3-6(10)8(12)13/h5-6,10H,3-4H2,1-2H3,(H,9,11)(H,12,13). The van der Waals surface area contributed by atoms with Gasteiger partial charge in [0, 0.05) is 0 Å². The second-order valence-corrected chi connectivity index (χ2v) is 3.02. The summed E-state index contributed by atoms with van der Waals surface area (Å²) in [5, 5.41) is 19.3. The second-order valence-electron chi connectivity index (χ2n) is 3.02. The molecular formula is C8H15NO5. The summed E-state index contributed by atoms with van der Waals surface area (Å²) in [6.07, 6.45) is -1.64. The Morgan fingerprint density at radius 2 is 2.00 bits per heavy atom. The Bertz CT molecular complexity index is 204. The molecule has 0 spiro atoms. The van der Waals surface area contributed by atoms with Gasteiger partial charge in [-0.1, -0.05) is 0 Å². The Morgan fingerprint density at radius 3 is 2.43 bits per heavy atom. The monoisotopic (exact) mass is 205 g/mol. The third-order valence-corrected chi connectivity index (χ3v) is 1.33. The number of carbonyl (C=O) groups is 2. The molecule has 82 valence electrons. The van der Waals surface area contributed by atoms with Gasteiger partial charge < -0.3 is 20.3 Å². The SMILES string of the molecule is CC(C)OCC(=O)NCC(O)C(=O)O. The van der Waals surface area contributed by atoms with Crippen LogP contribution >= 0.6 is 0 Å². The minimum Gasteiger partial charge on any atom is -0.479 e. The molecule has 0 aliphatic rings. The molecule has 0 aromatic rings. The number of hydrogen-bond acceptors (Lipinski definition) is 4. The fourth-order valence-electron chi connectivity index (χ4n) is 0.591. The van der Waals surface area contributed by atoms with Gasteiger partial charge in [0.05, 0.1) is 12.6 Å². The zero-order chi connectivity index (χ0) is 11.1. The van der Waals surface area contributed by atoms with Gasteiger partial charge in [0.15, 0.2) is 6.10 Å². The van der Waals surface area contributed by atoms with Crippen molar-refractivity contribution in [2.75, 3.05) is 13.2 Å². The number of carbonyl (C=O) groups excluding carboxylic acids is 1. The van der Waals surface area contributed by atoms with Crippen LogP contribution in [0, 0.1) is 0 Å². The molecule has 0 bridgehead atoms. The van der Waals surface area contributed by atoms with Crippen molar-refractivity contribution in [3.63, 3.8) is 0 Å². The number of ether oxygens (including phenoxy) is 1. The Morgan fingerprint density at radius 1 is 1.43 bits per heavy atom. The van der Waals surface area contributed by atoms with E-state index in [9.17, 15) is 9.59 Å². The Hall–Kier alpha value is -1.14. The molecule has 0 radical (unpaired) electrons. The summed E-state index contributed by atoms with van der Waals surface area (Å²) in [6.45, 7) is 3.11. The molecule has 0 heterocycles. The van der Waals surface area contributed by atoms with E-state index >= 15 is 0 Å². The van der Waals surface area contributed by atoms with Gasteiger partial charge >= 0.3 is 5.97 Å². The summed E-state index contributed by atoms with van der Waals surface area (Å²) >= 11 is 0. The highest BCUT2D eigenvalue weighted by atomic mass is 16.5. The molecule has 1 atom stereocenters. The first-order valence-corrected chi connectivity index (χ1v) is 4.22. The maximum Gasteiger partial charge on any atom is 0.334 e. The topological polar surface area (TPSA) is 95.9 Å². The van der Waals surface area contributed by atoms with Crippen molar-refractivity contribution in [2.24, 2.45) is 0 Å². The van der Waals surface area contributed by atoms with Crippen LogP contribution in [-0.2, 0) is 14.3 Å². The predicted octanol–water partition coefficient (Wildman–Crippen LogP) is -1.03. The van der Waals surface area contributed by atoms with Crippen LogP contribution in [-0.4, -0.2) is 47.4 Å². The maximum absolute atomic E-state index is 10.9. The molecule has 0 aliphatic carbocycles. The van der Waals surface area contributed by atoms with E-state index in [1.54, 1.807) is 13.8 Å². The predicted molar refractivity (Wildman–Crippen MR) is 47.7 cm³/mol. The molecule has 1 amide bonds. The molecule has 0 aliphatic heterocycles. The summed E-state index contributed by atoms with van der Waals surface area (Å²) in [5.41, 5.74) is 0. The van der Waals surface area contributed by atoms with Crippen LogP contribution in [0.25, 0.3) is 0 Å². The third-order valence-electron chi connectivity index (χ3n) is 1.33. The molecule has 14 heavy (non-hydrogen) atoms. The van der Waals surface area contributed by atoms with E-state index < -0.39 is 18.0 Å². The smallest absolute Gasteiger partial charge is 0.334 e. The fourth-order valence-corrected chi connectivity index (χ4v) is 0.591. The number of hydrogen-bond donors (Lipinski definition) is 3. The number of aliphatic hydroxyl groups excluding tert-OH is 1. The minimum absolute atomic E-state index is 0.0647. The van der Waals surface area contributed by atoms with Gasteiger partial charge in [-0.2, -0.15) is 0 Å². The lowest BCUT2D eigenvalue weighted by Gasteiger charge is -2.09. The summed E-state index contributed by atoms with van der Waals surface area (Å²) in [5.74, 6) is -1.81. The van der Waals surface area contributed by atoms with E-state index in [1.807, 2.05) is 0 Å². The zero-order valence-corrected chi connectivity index (χ0v) is 8.19. The first-order chi connectivity index (χ1) is 6.43. The van der Waals surface area contributed by atoms with Crippen molar-refractivity contribution < 1.29 is 24.5 Å². The number of rotatable bonds is 6. The molecule has 1 unspecified atom stereocenters. The number of nitrogens with one attached hydrogen (secondary N) is 1. The van der Waals surface area contributed by atoms with Crippen molar-refractivity contribution in [1.29, 1.82) is 0 Å². The van der Waals surface area contributed by atoms with Gasteiger partial charge in [0.2, 0.25) is 5.91 Å². The van der Waals surface area contributed by atoms with E-state index in [0.29, 0.717) is 0 Å². The maximum atomic E-state index is 10.9. The molecule has 6 nitrogen and oxygen atoms in total. The van der Waals surface area contributed by atoms with Crippen LogP contribution in [0.2, 0.25) is 0 Å². The second kappa shape index (κ2) is 6.33. The summed E-state index contributed by atoms with van der Waals surface area (Å²) < 4.78 is 4.96. The van der Waals surface area contributed by atoms with Gasteiger partial charge in [-0.15, -0.1) is 0 Å². The van der Waals surface area contributed by atoms with Crippen LogP contribution in [0.15, 0.2) is 0 Å². The van der Waals surface area contributed by atoms with Crippen molar-refractivity contribution in [3.8, 4) is 0 Å². The van der Waals surface area contributed by atoms with Crippen molar-refractivity contribution in [2.45, 2.75) is 26.1 Å². The van der Waals surface area contributed by atoms with Crippen LogP contribution in [0.3, 0.4) is 0 Å². The zero-order valence-electron chi connectivity index (χ0n) is 8.19. The molecule has 0 saturated heterocycles. The van der Waals surface area contributed by atoms with Gasteiger partial charge in [-0.05, 0) is 13.8 Å². The summed E-state index contributed by atoms with van der Waals surface area (Å²) in [6, 6.07) is 0. The third kappa shape index (κ3) is 6.38. The van der Waals surface area contributed by atoms with Gasteiger partial charge in [0.25, 0.3) is 0 Å². The van der Waals surface area contributed by atoms with Crippen LogP contribution in [0.4, 0.5) is 0 Å². The number of amides is 1. The largest absolute Gasteiger partial charge is 0.479 e. The summed E-state index contributed by atoms with van der Waals surface area (Å²) in [4.78, 5) is 21.1. The van der Waals surface area contributed by atoms with Crippen molar-refractivity contribution in [1.82, 2.24) is 5.32 Å². The molecule has 0 fully saturated rings. The molecule has 0 aromatic carbocycles. The van der Waals surface area contributed by atoms with E-state index in [2.05, 4.69) is 5.32 Å². The lowest BCUT2D eigenvalue weighted by atomic mass is 10.3. The molecule has 0 saturated carbocycles. The molecule has 0 aromatic heterocycles. The highest BCUT2D eigenvalue weighted by molar-refractivity contribution is 5.78. The molecular weight excluding hydrogens is 190 g/mol. The van der Waals surface area contributed by atoms with E-state index in [0.717, 1.165) is 0 Å². The van der Waals surface area contributed by atoms with Crippen LogP contribution in [0.1, 0.15) is 13.8 Å². The number of aliphatic carboxylic acids is 1. The van der Waals surface area contributed by atoms with Crippen LogP contribution in [0.5, 0.6) is 0 Å². The van der Waals surface area contributed by atoms with Gasteiger partial charge in [0.1, 0.15) is 6.61 Å². The normalized spacial score (nSPS) is 12.6. The quantitative estimate of drug-likeness (QED) is 0.515. The average molecular weight is 205 g/mol. The van der Waals surface area contributed by atoms with E-state index in [-0.39, 0.29) is 19.3 Å². The number of aliphatic hydroxyl groups is 1. The first kappa shape index (κ1) is 12.9. The minimum atomic E-state index is -1.57. The van der Waals surface area contributed by atoms with Crippen molar-refractivity contribution in [3.05, 3.63) is 0 Å². The van der Waals surface area contributed by atoms with Gasteiger partial charge in [-0.25, -0.2) is 4.79 Å². The van der Waals surface area contributed by atoms with Crippen LogP contribution < -0.4 is 5.32 Å². The lowest BCUT2D eigenvalue weighted by Crippen LogP contribution is -2.38. The van der Waals surface area contributed by atoms with Crippen molar-refractivity contribution >= 4 is 11.9 Å². The molecule has 3 N–H and O–H groups in total. The fraction of sp³-hybridized carbons (Fsp3) is 0.750. The lowest BCUT2D eigenvalue weighted by molar-refractivity contribution is -0.146. The van der Waals surface area contributed by atoms with Gasteiger partial charge in [-0.3, -0.25) is 4.79 Å². The molecule has 0 rings (SSSR count). The number of carboxylic acid groups (broad SMARTS) is 1. The Balaban J connectivity index is 3.59. The average Bonchev–Trinajstić information content (AvgIpc) is 2.10. The summed E-state index contributed by atoms with van der Waals surface area (Å²) in [7, 11) is 0. The highest BCUT2D eigenvalue weighted by Crippen LogP contribution is 1.86. The Kier molecular flexibility index (Phi) is 5.82. The van der Waals surface area contributed by atoms with E-state index in [1.165, 1.54) is 0 Å².